The molecule has 0 unspecified atom stereocenters. The second-order valence-corrected chi connectivity index (χ2v) is 7.59. The van der Waals surface area contributed by atoms with Crippen LogP contribution in [0.3, 0.4) is 0 Å². The maximum absolute atomic E-state index is 13.7. The minimum absolute atomic E-state index is 0.211. The van der Waals surface area contributed by atoms with Crippen LogP contribution >= 0.6 is 0 Å². The van der Waals surface area contributed by atoms with E-state index in [4.69, 9.17) is 4.74 Å². The molecule has 0 atom stereocenters. The molecule has 0 aliphatic carbocycles. The Kier molecular flexibility index (Phi) is 7.10. The van der Waals surface area contributed by atoms with E-state index in [0.29, 0.717) is 23.4 Å². The Morgan fingerprint density at radius 1 is 1.06 bits per heavy atom. The van der Waals surface area contributed by atoms with Crippen molar-refractivity contribution in [3.8, 4) is 11.4 Å². The average molecular weight is 475 g/mol. The Morgan fingerprint density at radius 3 is 2.54 bits per heavy atom. The van der Waals surface area contributed by atoms with Crippen LogP contribution in [0.1, 0.15) is 21.7 Å². The molecule has 9 nitrogen and oxygen atoms in total. The lowest BCUT2D eigenvalue weighted by atomic mass is 10.2. The maximum Gasteiger partial charge on any atom is 0.352 e. The molecule has 0 aliphatic heterocycles. The summed E-state index contributed by atoms with van der Waals surface area (Å²) in [5, 5.41) is 6.73. The first-order chi connectivity index (χ1) is 17.0. The number of halogens is 1. The minimum atomic E-state index is -0.876. The van der Waals surface area contributed by atoms with E-state index < -0.39 is 28.7 Å². The summed E-state index contributed by atoms with van der Waals surface area (Å²) in [7, 11) is 1.51. The standard InChI is InChI=1S/C25H22FN5O4/c1-35-21-10-8-20(9-11-21)31-25(34)30(16-17-5-4-6-18(26)15-17)24(33)22(29-31)23(32)28-14-12-19-7-2-3-13-27-19/h2-11,13,15H,12,14,16H2,1H3,(H,28,32). The lowest BCUT2D eigenvalue weighted by Gasteiger charge is -2.13. The van der Waals surface area contributed by atoms with Gasteiger partial charge in [-0.25, -0.2) is 9.18 Å². The zero-order chi connectivity index (χ0) is 24.8. The number of carbonyl (C=O) groups is 1. The van der Waals surface area contributed by atoms with Gasteiger partial charge in [-0.05, 0) is 54.1 Å². The molecule has 0 radical (unpaired) electrons. The van der Waals surface area contributed by atoms with E-state index in [-0.39, 0.29) is 13.1 Å². The monoisotopic (exact) mass is 475 g/mol. The molecule has 10 heteroatoms. The van der Waals surface area contributed by atoms with Crippen LogP contribution in [0.4, 0.5) is 4.39 Å². The average Bonchev–Trinajstić information content (AvgIpc) is 2.87. The molecule has 1 N–H and O–H groups in total. The van der Waals surface area contributed by atoms with Gasteiger partial charge in [0.15, 0.2) is 0 Å². The molecule has 2 aromatic heterocycles. The van der Waals surface area contributed by atoms with Crippen LogP contribution < -0.4 is 21.3 Å². The highest BCUT2D eigenvalue weighted by Gasteiger charge is 2.20. The molecule has 35 heavy (non-hydrogen) atoms. The number of aromatic nitrogens is 4. The van der Waals surface area contributed by atoms with Crippen LogP contribution in [-0.4, -0.2) is 38.9 Å². The number of nitrogens with one attached hydrogen (secondary N) is 1. The normalized spacial score (nSPS) is 10.7. The molecular weight excluding hydrogens is 453 g/mol. The van der Waals surface area contributed by atoms with Gasteiger partial charge < -0.3 is 10.1 Å². The second-order valence-electron chi connectivity index (χ2n) is 7.59. The maximum atomic E-state index is 13.7. The number of pyridine rings is 1. The molecule has 2 heterocycles. The van der Waals surface area contributed by atoms with Gasteiger partial charge >= 0.3 is 5.69 Å². The highest BCUT2D eigenvalue weighted by Crippen LogP contribution is 2.13. The third-order valence-electron chi connectivity index (χ3n) is 5.21. The Balaban J connectivity index is 1.71. The molecule has 4 rings (SSSR count). The molecule has 1 amide bonds. The molecule has 0 saturated heterocycles. The van der Waals surface area contributed by atoms with Gasteiger partial charge in [-0.15, -0.1) is 0 Å². The summed E-state index contributed by atoms with van der Waals surface area (Å²) in [5.41, 5.74) is -0.622. The van der Waals surface area contributed by atoms with Crippen LogP contribution in [0.25, 0.3) is 5.69 Å². The van der Waals surface area contributed by atoms with Crippen molar-refractivity contribution in [1.82, 2.24) is 24.6 Å². The van der Waals surface area contributed by atoms with E-state index in [1.807, 2.05) is 12.1 Å². The number of rotatable bonds is 8. The topological polar surface area (TPSA) is 108 Å². The SMILES string of the molecule is COc1ccc(-n2nc(C(=O)NCCc3ccccn3)c(=O)n(Cc3cccc(F)c3)c2=O)cc1. The van der Waals surface area contributed by atoms with Crippen molar-refractivity contribution in [3.63, 3.8) is 0 Å². The first-order valence-electron chi connectivity index (χ1n) is 10.8. The summed E-state index contributed by atoms with van der Waals surface area (Å²) in [4.78, 5) is 43.4. The molecule has 4 aromatic rings. The smallest absolute Gasteiger partial charge is 0.352 e. The predicted molar refractivity (Wildman–Crippen MR) is 126 cm³/mol. The van der Waals surface area contributed by atoms with Crippen LogP contribution in [0.15, 0.2) is 82.5 Å². The van der Waals surface area contributed by atoms with Gasteiger partial charge in [0.25, 0.3) is 11.5 Å². The van der Waals surface area contributed by atoms with Gasteiger partial charge in [0.2, 0.25) is 5.69 Å². The Hall–Kier alpha value is -4.60. The number of hydrogen-bond acceptors (Lipinski definition) is 6. The number of hydrogen-bond donors (Lipinski definition) is 1. The largest absolute Gasteiger partial charge is 0.497 e. The van der Waals surface area contributed by atoms with Gasteiger partial charge in [0.1, 0.15) is 11.6 Å². The van der Waals surface area contributed by atoms with Gasteiger partial charge in [-0.3, -0.25) is 19.1 Å². The summed E-state index contributed by atoms with van der Waals surface area (Å²) in [6, 6.07) is 17.4. The highest BCUT2D eigenvalue weighted by molar-refractivity contribution is 5.91. The molecule has 0 aliphatic rings. The van der Waals surface area contributed by atoms with Gasteiger partial charge in [-0.1, -0.05) is 18.2 Å². The van der Waals surface area contributed by atoms with E-state index in [1.165, 1.54) is 25.3 Å². The lowest BCUT2D eigenvalue weighted by Crippen LogP contribution is -2.46. The van der Waals surface area contributed by atoms with E-state index >= 15 is 0 Å². The molecule has 2 aromatic carbocycles. The minimum Gasteiger partial charge on any atom is -0.497 e. The van der Waals surface area contributed by atoms with Crippen molar-refractivity contribution in [2.45, 2.75) is 13.0 Å². The van der Waals surface area contributed by atoms with Crippen molar-refractivity contribution in [2.24, 2.45) is 0 Å². The van der Waals surface area contributed by atoms with Crippen LogP contribution in [-0.2, 0) is 13.0 Å². The quantitative estimate of drug-likeness (QED) is 0.417. The van der Waals surface area contributed by atoms with Crippen LogP contribution in [0, 0.1) is 5.82 Å². The van der Waals surface area contributed by atoms with Crippen molar-refractivity contribution in [3.05, 3.63) is 117 Å². The fourth-order valence-electron chi connectivity index (χ4n) is 3.44. The number of methoxy groups -OCH3 is 1. The number of amides is 1. The first-order valence-corrected chi connectivity index (χ1v) is 10.8. The molecule has 0 bridgehead atoms. The molecular formula is C25H22FN5O4. The number of ether oxygens (including phenoxy) is 1. The fourth-order valence-corrected chi connectivity index (χ4v) is 3.44. The van der Waals surface area contributed by atoms with Gasteiger partial charge in [-0.2, -0.15) is 9.78 Å². The third kappa shape index (κ3) is 5.49. The second kappa shape index (κ2) is 10.6. The third-order valence-corrected chi connectivity index (χ3v) is 5.21. The van der Waals surface area contributed by atoms with Gasteiger partial charge in [0, 0.05) is 24.9 Å². The zero-order valence-corrected chi connectivity index (χ0v) is 18.8. The Labute approximate surface area is 199 Å². The summed E-state index contributed by atoms with van der Waals surface area (Å²) in [6.07, 6.45) is 2.09. The molecule has 0 saturated carbocycles. The number of benzene rings is 2. The molecule has 0 spiro atoms. The lowest BCUT2D eigenvalue weighted by molar-refractivity contribution is 0.0944. The molecule has 0 fully saturated rings. The summed E-state index contributed by atoms with van der Waals surface area (Å²) < 4.78 is 20.7. The van der Waals surface area contributed by atoms with E-state index in [0.717, 1.165) is 14.9 Å². The van der Waals surface area contributed by atoms with Crippen molar-refractivity contribution >= 4 is 5.91 Å². The number of nitrogens with zero attached hydrogens (tertiary/aromatic N) is 4. The summed E-state index contributed by atoms with van der Waals surface area (Å²) >= 11 is 0. The summed E-state index contributed by atoms with van der Waals surface area (Å²) in [6.45, 7) is -0.0230. The van der Waals surface area contributed by atoms with Gasteiger partial charge in [0.05, 0.1) is 19.3 Å². The van der Waals surface area contributed by atoms with Crippen molar-refractivity contribution in [2.75, 3.05) is 13.7 Å². The van der Waals surface area contributed by atoms with E-state index in [2.05, 4.69) is 15.4 Å². The van der Waals surface area contributed by atoms with Crippen molar-refractivity contribution in [1.29, 1.82) is 0 Å². The Morgan fingerprint density at radius 2 is 1.86 bits per heavy atom. The van der Waals surface area contributed by atoms with Crippen LogP contribution in [0.2, 0.25) is 0 Å². The highest BCUT2D eigenvalue weighted by atomic mass is 19.1. The zero-order valence-electron chi connectivity index (χ0n) is 18.8. The fraction of sp³-hybridized carbons (Fsp3) is 0.160. The van der Waals surface area contributed by atoms with E-state index in [9.17, 15) is 18.8 Å². The summed E-state index contributed by atoms with van der Waals surface area (Å²) in [5.74, 6) is -0.684. The molecule has 178 valence electrons. The van der Waals surface area contributed by atoms with E-state index in [1.54, 1.807) is 42.6 Å². The van der Waals surface area contributed by atoms with Crippen LogP contribution in [0.5, 0.6) is 5.75 Å². The number of carbonyl (C=O) groups excluding carboxylic acids is 1. The Bertz CT molecular complexity index is 1450. The predicted octanol–water partition coefficient (Wildman–Crippen LogP) is 1.96. The van der Waals surface area contributed by atoms with Crippen molar-refractivity contribution < 1.29 is 13.9 Å². The first kappa shape index (κ1) is 23.6.